The predicted octanol–water partition coefficient (Wildman–Crippen LogP) is 4.08. The van der Waals surface area contributed by atoms with Crippen molar-refractivity contribution >= 4 is 17.5 Å². The first-order chi connectivity index (χ1) is 8.27. The normalized spacial score (nSPS) is 18.2. The summed E-state index contributed by atoms with van der Waals surface area (Å²) in [5, 5.41) is 0.318. The number of fused-ring (bicyclic) bond motifs is 2. The van der Waals surface area contributed by atoms with Crippen molar-refractivity contribution < 1.29 is 4.79 Å². The highest BCUT2D eigenvalue weighted by atomic mass is 32.2. The maximum Gasteiger partial charge on any atom is 0.194 e. The highest BCUT2D eigenvalue weighted by molar-refractivity contribution is 7.99. The third kappa shape index (κ3) is 1.69. The molecule has 2 aromatic carbocycles. The number of rotatable bonds is 0. The van der Waals surface area contributed by atoms with Crippen molar-refractivity contribution in [1.29, 1.82) is 0 Å². The van der Waals surface area contributed by atoms with Crippen LogP contribution in [0.3, 0.4) is 0 Å². The number of carbonyl (C=O) groups is 1. The largest absolute Gasteiger partial charge is 0.289 e. The van der Waals surface area contributed by atoms with Gasteiger partial charge in [0.25, 0.3) is 0 Å². The fraction of sp³-hybridized carbons (Fsp3) is 0.133. The molecule has 2 aromatic rings. The van der Waals surface area contributed by atoms with E-state index in [4.69, 9.17) is 0 Å². The van der Waals surface area contributed by atoms with Crippen LogP contribution in [0.15, 0.2) is 53.4 Å². The molecule has 2 heteroatoms. The molecule has 0 saturated carbocycles. The van der Waals surface area contributed by atoms with Gasteiger partial charge in [-0.15, -0.1) is 11.8 Å². The predicted molar refractivity (Wildman–Crippen MR) is 70.6 cm³/mol. The lowest BCUT2D eigenvalue weighted by Gasteiger charge is -2.10. The van der Waals surface area contributed by atoms with Gasteiger partial charge in [0.05, 0.1) is 0 Å². The van der Waals surface area contributed by atoms with E-state index in [2.05, 4.69) is 13.0 Å². The zero-order valence-electron chi connectivity index (χ0n) is 9.51. The maximum atomic E-state index is 12.5. The van der Waals surface area contributed by atoms with E-state index in [1.807, 2.05) is 42.5 Å². The van der Waals surface area contributed by atoms with Gasteiger partial charge in [0, 0.05) is 21.3 Å². The Hall–Kier alpha value is -1.54. The second-order valence-corrected chi connectivity index (χ2v) is 5.56. The lowest BCUT2D eigenvalue weighted by molar-refractivity contribution is 0.103. The van der Waals surface area contributed by atoms with Crippen LogP contribution in [0, 0.1) is 0 Å². The molecule has 0 aromatic heterocycles. The van der Waals surface area contributed by atoms with Gasteiger partial charge in [-0.2, -0.15) is 0 Å². The number of hydrogen-bond donors (Lipinski definition) is 0. The summed E-state index contributed by atoms with van der Waals surface area (Å²) in [6.07, 6.45) is 0. The van der Waals surface area contributed by atoms with E-state index in [0.29, 0.717) is 5.25 Å². The van der Waals surface area contributed by atoms with Gasteiger partial charge in [-0.05, 0) is 24.6 Å². The average Bonchev–Trinajstić information content (AvgIpc) is 2.48. The van der Waals surface area contributed by atoms with Crippen LogP contribution >= 0.6 is 11.8 Å². The van der Waals surface area contributed by atoms with Gasteiger partial charge in [0.2, 0.25) is 0 Å². The Morgan fingerprint density at radius 2 is 1.59 bits per heavy atom. The molecule has 0 fully saturated rings. The van der Waals surface area contributed by atoms with Gasteiger partial charge in [0.15, 0.2) is 5.78 Å². The molecule has 84 valence electrons. The van der Waals surface area contributed by atoms with Gasteiger partial charge < -0.3 is 0 Å². The first-order valence-corrected chi connectivity index (χ1v) is 6.54. The summed E-state index contributed by atoms with van der Waals surface area (Å²) in [6, 6.07) is 15.8. The van der Waals surface area contributed by atoms with Crippen molar-refractivity contribution in [2.45, 2.75) is 17.1 Å². The molecule has 3 rings (SSSR count). The fourth-order valence-electron chi connectivity index (χ4n) is 2.21. The van der Waals surface area contributed by atoms with Crippen LogP contribution in [-0.4, -0.2) is 5.78 Å². The Balaban J connectivity index is 2.26. The molecule has 1 nitrogen and oxygen atoms in total. The van der Waals surface area contributed by atoms with Crippen molar-refractivity contribution in [2.24, 2.45) is 0 Å². The van der Waals surface area contributed by atoms with Crippen LogP contribution < -0.4 is 0 Å². The molecule has 0 saturated heterocycles. The summed E-state index contributed by atoms with van der Waals surface area (Å²) in [7, 11) is 0. The van der Waals surface area contributed by atoms with Gasteiger partial charge in [0.1, 0.15) is 0 Å². The molecule has 0 spiro atoms. The first kappa shape index (κ1) is 10.6. The van der Waals surface area contributed by atoms with E-state index >= 15 is 0 Å². The van der Waals surface area contributed by atoms with Gasteiger partial charge in [-0.1, -0.05) is 36.4 Å². The van der Waals surface area contributed by atoms with Crippen molar-refractivity contribution in [1.82, 2.24) is 0 Å². The summed E-state index contributed by atoms with van der Waals surface area (Å²) in [6.45, 7) is 2.15. The lowest BCUT2D eigenvalue weighted by atomic mass is 9.97. The van der Waals surface area contributed by atoms with E-state index in [1.165, 1.54) is 0 Å². The topological polar surface area (TPSA) is 17.1 Å². The number of carbonyl (C=O) groups excluding carboxylic acids is 1. The third-order valence-corrected chi connectivity index (χ3v) is 4.30. The van der Waals surface area contributed by atoms with Crippen molar-refractivity contribution in [3.05, 3.63) is 65.2 Å². The minimum atomic E-state index is 0.146. The Kier molecular flexibility index (Phi) is 2.52. The van der Waals surface area contributed by atoms with E-state index in [1.54, 1.807) is 11.8 Å². The zero-order valence-corrected chi connectivity index (χ0v) is 10.3. The van der Waals surface area contributed by atoms with Gasteiger partial charge in [-0.25, -0.2) is 0 Å². The van der Waals surface area contributed by atoms with Crippen LogP contribution in [0.25, 0.3) is 0 Å². The minimum Gasteiger partial charge on any atom is -0.289 e. The van der Waals surface area contributed by atoms with Crippen LogP contribution in [0.4, 0.5) is 0 Å². The standard InChI is InChI=1S/C15H12OS/c1-10-11-6-2-3-7-12(11)15(16)13-8-4-5-9-14(13)17-10/h2-10H,1H3. The second kappa shape index (κ2) is 4.04. The summed E-state index contributed by atoms with van der Waals surface area (Å²) >= 11 is 1.76. The molecule has 1 aliphatic rings. The Morgan fingerprint density at radius 1 is 0.941 bits per heavy atom. The smallest absolute Gasteiger partial charge is 0.194 e. The Morgan fingerprint density at radius 3 is 2.41 bits per heavy atom. The molecule has 1 atom stereocenters. The summed E-state index contributed by atoms with van der Waals surface area (Å²) in [5.74, 6) is 0.146. The molecule has 17 heavy (non-hydrogen) atoms. The zero-order chi connectivity index (χ0) is 11.8. The van der Waals surface area contributed by atoms with Crippen LogP contribution in [0.5, 0.6) is 0 Å². The highest BCUT2D eigenvalue weighted by Crippen LogP contribution is 2.41. The van der Waals surface area contributed by atoms with Crippen LogP contribution in [-0.2, 0) is 0 Å². The quantitative estimate of drug-likeness (QED) is 0.690. The summed E-state index contributed by atoms with van der Waals surface area (Å²) in [4.78, 5) is 13.5. The summed E-state index contributed by atoms with van der Waals surface area (Å²) in [5.41, 5.74) is 2.81. The number of hydrogen-bond acceptors (Lipinski definition) is 2. The average molecular weight is 240 g/mol. The molecular weight excluding hydrogens is 228 g/mol. The van der Waals surface area contributed by atoms with Crippen molar-refractivity contribution in [3.63, 3.8) is 0 Å². The van der Waals surface area contributed by atoms with Crippen molar-refractivity contribution in [2.75, 3.05) is 0 Å². The Bertz CT molecular complexity index is 589. The molecule has 1 aliphatic heterocycles. The molecule has 1 unspecified atom stereocenters. The summed E-state index contributed by atoms with van der Waals surface area (Å²) < 4.78 is 0. The fourth-order valence-corrected chi connectivity index (χ4v) is 3.37. The van der Waals surface area contributed by atoms with E-state index in [0.717, 1.165) is 21.6 Å². The van der Waals surface area contributed by atoms with Gasteiger partial charge in [-0.3, -0.25) is 4.79 Å². The highest BCUT2D eigenvalue weighted by Gasteiger charge is 2.24. The third-order valence-electron chi connectivity index (χ3n) is 3.08. The molecule has 1 heterocycles. The Labute approximate surface area is 105 Å². The minimum absolute atomic E-state index is 0.146. The molecule has 0 bridgehead atoms. The second-order valence-electron chi connectivity index (χ2n) is 4.17. The molecular formula is C15H12OS. The van der Waals surface area contributed by atoms with Crippen molar-refractivity contribution in [3.8, 4) is 0 Å². The maximum absolute atomic E-state index is 12.5. The monoisotopic (exact) mass is 240 g/mol. The molecule has 0 N–H and O–H groups in total. The molecule has 0 aliphatic carbocycles. The van der Waals surface area contributed by atoms with Crippen LogP contribution in [0.1, 0.15) is 33.7 Å². The van der Waals surface area contributed by atoms with E-state index in [-0.39, 0.29) is 5.78 Å². The lowest BCUT2D eigenvalue weighted by Crippen LogP contribution is -2.03. The number of thioether (sulfide) groups is 1. The first-order valence-electron chi connectivity index (χ1n) is 5.66. The number of ketones is 1. The SMILES string of the molecule is CC1Sc2ccccc2C(=O)c2ccccc21. The van der Waals surface area contributed by atoms with Gasteiger partial charge >= 0.3 is 0 Å². The van der Waals surface area contributed by atoms with Crippen LogP contribution in [0.2, 0.25) is 0 Å². The molecule has 0 amide bonds. The number of benzene rings is 2. The molecule has 0 radical (unpaired) electrons. The van der Waals surface area contributed by atoms with E-state index < -0.39 is 0 Å². The van der Waals surface area contributed by atoms with E-state index in [9.17, 15) is 4.79 Å².